The molecule has 3 aromatic carbocycles. The fourth-order valence-corrected chi connectivity index (χ4v) is 5.37. The van der Waals surface area contributed by atoms with Crippen LogP contribution >= 0.6 is 0 Å². The third kappa shape index (κ3) is 3.89. The quantitative estimate of drug-likeness (QED) is 0.232. The molecule has 5 aromatic rings. The van der Waals surface area contributed by atoms with Gasteiger partial charge in [-0.3, -0.25) is 14.4 Å². The zero-order valence-electron chi connectivity index (χ0n) is 22.3. The average molecular weight is 540 g/mol. The Labute approximate surface area is 228 Å². The minimum atomic E-state index is -0.680. The molecule has 0 bridgehead atoms. The average Bonchev–Trinajstić information content (AvgIpc) is 2.97. The molecule has 2 aromatic heterocycles. The van der Waals surface area contributed by atoms with Crippen LogP contribution in [0.25, 0.3) is 33.0 Å². The highest BCUT2D eigenvalue weighted by Gasteiger charge is 2.34. The molecule has 1 aliphatic rings. The van der Waals surface area contributed by atoms with Crippen molar-refractivity contribution in [2.24, 2.45) is 7.05 Å². The summed E-state index contributed by atoms with van der Waals surface area (Å²) in [5, 5.41) is 1.10. The Kier molecular flexibility index (Phi) is 6.06. The molecule has 9 heteroatoms. The second-order valence-corrected chi connectivity index (χ2v) is 9.52. The molecule has 0 saturated heterocycles. The smallest absolute Gasteiger partial charge is 0.312 e. The van der Waals surface area contributed by atoms with E-state index in [2.05, 4.69) is 0 Å². The normalized spacial score (nSPS) is 14.6. The molecule has 1 atom stereocenters. The van der Waals surface area contributed by atoms with Gasteiger partial charge in [0.15, 0.2) is 11.5 Å². The number of fused-ring (bicyclic) bond motifs is 4. The molecule has 0 fully saturated rings. The van der Waals surface area contributed by atoms with Gasteiger partial charge < -0.3 is 27.9 Å². The van der Waals surface area contributed by atoms with E-state index in [1.807, 2.05) is 12.1 Å². The van der Waals surface area contributed by atoms with Crippen molar-refractivity contribution >= 4 is 27.8 Å². The molecular weight excluding hydrogens is 514 g/mol. The molecule has 1 aliphatic heterocycles. The SMILES string of the molecule is COc1ccc2cc([C@@H]3CC(=O)Oc4ccc5c(=O)c(-c6ccc(OC)c(OC)c6)coc5c43)c(=O)n(C)c2c1. The van der Waals surface area contributed by atoms with Crippen molar-refractivity contribution in [1.82, 2.24) is 4.57 Å². The maximum absolute atomic E-state index is 13.7. The first-order valence-electron chi connectivity index (χ1n) is 12.5. The Hall–Kier alpha value is -5.05. The summed E-state index contributed by atoms with van der Waals surface area (Å²) < 4.78 is 29.2. The van der Waals surface area contributed by atoms with E-state index in [4.69, 9.17) is 23.4 Å². The molecule has 0 saturated carbocycles. The minimum absolute atomic E-state index is 0.0792. The summed E-state index contributed by atoms with van der Waals surface area (Å²) >= 11 is 0. The number of carbonyl (C=O) groups is 1. The highest BCUT2D eigenvalue weighted by molar-refractivity contribution is 5.91. The Morgan fingerprint density at radius 3 is 2.42 bits per heavy atom. The molecule has 0 N–H and O–H groups in total. The molecule has 0 aliphatic carbocycles. The fraction of sp³-hybridized carbons (Fsp3) is 0.194. The summed E-state index contributed by atoms with van der Waals surface area (Å²) in [6.07, 6.45) is 1.30. The predicted molar refractivity (Wildman–Crippen MR) is 149 cm³/mol. The zero-order chi connectivity index (χ0) is 28.1. The summed E-state index contributed by atoms with van der Waals surface area (Å²) in [5.41, 5.74) is 2.21. The minimum Gasteiger partial charge on any atom is -0.497 e. The zero-order valence-corrected chi connectivity index (χ0v) is 22.3. The Balaban J connectivity index is 1.56. The Bertz CT molecular complexity index is 1950. The summed E-state index contributed by atoms with van der Waals surface area (Å²) in [6.45, 7) is 0. The van der Waals surface area contributed by atoms with Crippen LogP contribution in [0.15, 0.2) is 74.9 Å². The van der Waals surface area contributed by atoms with E-state index < -0.39 is 11.9 Å². The van der Waals surface area contributed by atoms with Crippen LogP contribution in [0.1, 0.15) is 23.5 Å². The first-order chi connectivity index (χ1) is 19.3. The van der Waals surface area contributed by atoms with Crippen molar-refractivity contribution in [2.75, 3.05) is 21.3 Å². The summed E-state index contributed by atoms with van der Waals surface area (Å²) in [6, 6.07) is 15.5. The lowest BCUT2D eigenvalue weighted by Crippen LogP contribution is -2.29. The van der Waals surface area contributed by atoms with Crippen molar-refractivity contribution in [3.05, 3.63) is 92.6 Å². The van der Waals surface area contributed by atoms with Gasteiger partial charge in [-0.15, -0.1) is 0 Å². The van der Waals surface area contributed by atoms with E-state index in [0.29, 0.717) is 50.4 Å². The number of hydrogen-bond acceptors (Lipinski definition) is 8. The van der Waals surface area contributed by atoms with Gasteiger partial charge in [-0.05, 0) is 53.4 Å². The Morgan fingerprint density at radius 2 is 1.68 bits per heavy atom. The summed E-state index contributed by atoms with van der Waals surface area (Å²) in [5.74, 6) is 0.734. The van der Waals surface area contributed by atoms with Crippen LogP contribution in [0.2, 0.25) is 0 Å². The molecule has 9 nitrogen and oxygen atoms in total. The van der Waals surface area contributed by atoms with E-state index >= 15 is 0 Å². The topological polar surface area (TPSA) is 106 Å². The second kappa shape index (κ2) is 9.60. The van der Waals surface area contributed by atoms with Crippen molar-refractivity contribution in [3.8, 4) is 34.1 Å². The largest absolute Gasteiger partial charge is 0.497 e. The van der Waals surface area contributed by atoms with Crippen molar-refractivity contribution in [2.45, 2.75) is 12.3 Å². The van der Waals surface area contributed by atoms with Gasteiger partial charge in [0.1, 0.15) is 23.3 Å². The van der Waals surface area contributed by atoms with Crippen LogP contribution in [0, 0.1) is 0 Å². The number of rotatable bonds is 5. The number of hydrogen-bond donors (Lipinski definition) is 0. The number of ether oxygens (including phenoxy) is 4. The van der Waals surface area contributed by atoms with Crippen LogP contribution in [0.5, 0.6) is 23.0 Å². The lowest BCUT2D eigenvalue weighted by Gasteiger charge is -2.25. The molecule has 3 heterocycles. The first-order valence-corrected chi connectivity index (χ1v) is 12.5. The van der Waals surface area contributed by atoms with E-state index in [9.17, 15) is 14.4 Å². The van der Waals surface area contributed by atoms with Gasteiger partial charge in [0.2, 0.25) is 5.43 Å². The lowest BCUT2D eigenvalue weighted by atomic mass is 9.85. The van der Waals surface area contributed by atoms with Gasteiger partial charge in [-0.1, -0.05) is 6.07 Å². The summed E-state index contributed by atoms with van der Waals surface area (Å²) in [4.78, 5) is 40.0. The predicted octanol–water partition coefficient (Wildman–Crippen LogP) is 4.78. The van der Waals surface area contributed by atoms with Gasteiger partial charge in [0, 0.05) is 30.2 Å². The number of aryl methyl sites for hydroxylation is 1. The molecule has 40 heavy (non-hydrogen) atoms. The van der Waals surface area contributed by atoms with Gasteiger partial charge >= 0.3 is 5.97 Å². The molecule has 6 rings (SSSR count). The van der Waals surface area contributed by atoms with Gasteiger partial charge in [0.05, 0.1) is 44.2 Å². The van der Waals surface area contributed by atoms with E-state index in [1.165, 1.54) is 25.0 Å². The maximum atomic E-state index is 13.7. The molecule has 202 valence electrons. The number of methoxy groups -OCH3 is 3. The van der Waals surface area contributed by atoms with Crippen molar-refractivity contribution in [3.63, 3.8) is 0 Å². The van der Waals surface area contributed by atoms with Gasteiger partial charge in [-0.2, -0.15) is 0 Å². The molecule has 0 unspecified atom stereocenters. The number of aromatic nitrogens is 1. The molecule has 0 amide bonds. The number of carbonyl (C=O) groups excluding carboxylic acids is 1. The van der Waals surface area contributed by atoms with Gasteiger partial charge in [0.25, 0.3) is 5.56 Å². The molecule has 0 spiro atoms. The third-order valence-corrected chi connectivity index (χ3v) is 7.41. The third-order valence-electron chi connectivity index (χ3n) is 7.41. The Morgan fingerprint density at radius 1 is 0.875 bits per heavy atom. The number of pyridine rings is 1. The lowest BCUT2D eigenvalue weighted by molar-refractivity contribution is -0.135. The van der Waals surface area contributed by atoms with E-state index in [1.54, 1.807) is 56.6 Å². The van der Waals surface area contributed by atoms with Crippen molar-refractivity contribution in [1.29, 1.82) is 0 Å². The highest BCUT2D eigenvalue weighted by atomic mass is 16.5. The van der Waals surface area contributed by atoms with Crippen LogP contribution in [0.3, 0.4) is 0 Å². The molecule has 0 radical (unpaired) electrons. The summed E-state index contributed by atoms with van der Waals surface area (Å²) in [7, 11) is 6.29. The first kappa shape index (κ1) is 25.2. The van der Waals surface area contributed by atoms with E-state index in [-0.39, 0.29) is 28.7 Å². The van der Waals surface area contributed by atoms with E-state index in [0.717, 1.165) is 5.39 Å². The maximum Gasteiger partial charge on any atom is 0.312 e. The number of nitrogens with zero attached hydrogens (tertiary/aromatic N) is 1. The van der Waals surface area contributed by atoms with Crippen molar-refractivity contribution < 1.29 is 28.2 Å². The fourth-order valence-electron chi connectivity index (χ4n) is 5.37. The standard InChI is InChI=1S/C31H25NO8/c1-32-23-13-18(36-2)7-5-17(23)11-21(31(32)35)20-14-27(33)40-25-10-8-19-29(34)22(15-39-30(19)28(20)25)16-6-9-24(37-3)26(12-16)38-4/h5-13,15,20H,14H2,1-4H3/t20-/m0/s1. The second-order valence-electron chi connectivity index (χ2n) is 9.52. The van der Waals surface area contributed by atoms with Crippen LogP contribution in [-0.4, -0.2) is 31.9 Å². The number of benzene rings is 3. The highest BCUT2D eigenvalue weighted by Crippen LogP contribution is 2.43. The monoisotopic (exact) mass is 539 g/mol. The van der Waals surface area contributed by atoms with Crippen LogP contribution in [0.4, 0.5) is 0 Å². The van der Waals surface area contributed by atoms with Gasteiger partial charge in [-0.25, -0.2) is 0 Å². The van der Waals surface area contributed by atoms with Crippen LogP contribution in [-0.2, 0) is 11.8 Å². The van der Waals surface area contributed by atoms with Crippen LogP contribution < -0.4 is 29.9 Å². The number of esters is 1. The molecular formula is C31H25NO8.